The first kappa shape index (κ1) is 14.6. The molecule has 0 radical (unpaired) electrons. The molecule has 0 atom stereocenters. The molecule has 2 rings (SSSR count). The van der Waals surface area contributed by atoms with E-state index in [2.05, 4.69) is 22.4 Å². The van der Waals surface area contributed by atoms with Crippen molar-refractivity contribution in [2.45, 2.75) is 45.9 Å². The van der Waals surface area contributed by atoms with Gasteiger partial charge in [0.25, 0.3) is 6.43 Å². The van der Waals surface area contributed by atoms with Gasteiger partial charge in [-0.05, 0) is 12.5 Å². The van der Waals surface area contributed by atoms with E-state index in [-0.39, 0.29) is 6.54 Å². The van der Waals surface area contributed by atoms with Crippen LogP contribution in [0.3, 0.4) is 0 Å². The zero-order chi connectivity index (χ0) is 14.4. The molecule has 2 aromatic rings. The van der Waals surface area contributed by atoms with Gasteiger partial charge in [-0.1, -0.05) is 6.92 Å². The number of alkyl halides is 2. The van der Waals surface area contributed by atoms with Gasteiger partial charge in [0.15, 0.2) is 0 Å². The number of nitrogens with one attached hydrogen (secondary N) is 1. The van der Waals surface area contributed by atoms with Crippen molar-refractivity contribution in [2.75, 3.05) is 0 Å². The van der Waals surface area contributed by atoms with Crippen molar-refractivity contribution in [3.63, 3.8) is 0 Å². The van der Waals surface area contributed by atoms with E-state index in [1.165, 1.54) is 4.68 Å². The number of hydrogen-bond donors (Lipinski definition) is 1. The zero-order valence-electron chi connectivity index (χ0n) is 11.5. The fraction of sp³-hybridized carbons (Fsp3) is 0.538. The largest absolute Gasteiger partial charge is 0.307 e. The summed E-state index contributed by atoms with van der Waals surface area (Å²) in [6.45, 7) is 3.90. The summed E-state index contributed by atoms with van der Waals surface area (Å²) in [4.78, 5) is 0. The molecule has 0 amide bonds. The molecule has 7 heteroatoms. The molecule has 2 heterocycles. The number of rotatable bonds is 8. The summed E-state index contributed by atoms with van der Waals surface area (Å²) in [5.74, 6) is 0. The van der Waals surface area contributed by atoms with E-state index < -0.39 is 6.43 Å². The Hall–Kier alpha value is -1.76. The second-order valence-electron chi connectivity index (χ2n) is 4.64. The van der Waals surface area contributed by atoms with E-state index in [1.807, 2.05) is 17.1 Å². The first-order valence-electron chi connectivity index (χ1n) is 6.70. The summed E-state index contributed by atoms with van der Waals surface area (Å²) in [7, 11) is 0. The van der Waals surface area contributed by atoms with Gasteiger partial charge in [0.2, 0.25) is 0 Å². The van der Waals surface area contributed by atoms with E-state index in [1.54, 1.807) is 12.3 Å². The van der Waals surface area contributed by atoms with E-state index in [0.717, 1.165) is 24.2 Å². The fourth-order valence-electron chi connectivity index (χ4n) is 1.93. The minimum absolute atomic E-state index is 0.357. The maximum atomic E-state index is 12.2. The third-order valence-corrected chi connectivity index (χ3v) is 2.80. The van der Waals surface area contributed by atoms with Gasteiger partial charge >= 0.3 is 0 Å². The molecule has 2 aromatic heterocycles. The summed E-state index contributed by atoms with van der Waals surface area (Å²) in [5, 5.41) is 11.5. The second kappa shape index (κ2) is 7.14. The lowest BCUT2D eigenvalue weighted by Gasteiger charge is -2.01. The van der Waals surface area contributed by atoms with Crippen molar-refractivity contribution in [1.82, 2.24) is 24.9 Å². The second-order valence-corrected chi connectivity index (χ2v) is 4.64. The lowest BCUT2D eigenvalue weighted by atomic mass is 10.3. The summed E-state index contributed by atoms with van der Waals surface area (Å²) in [6.07, 6.45) is 4.09. The molecule has 20 heavy (non-hydrogen) atoms. The van der Waals surface area contributed by atoms with Gasteiger partial charge in [-0.25, -0.2) is 8.78 Å². The Labute approximate surface area is 116 Å². The number of aryl methyl sites for hydroxylation is 1. The Kier molecular flexibility index (Phi) is 5.23. The van der Waals surface area contributed by atoms with E-state index >= 15 is 0 Å². The first-order chi connectivity index (χ1) is 9.67. The first-order valence-corrected chi connectivity index (χ1v) is 6.70. The highest BCUT2D eigenvalue weighted by atomic mass is 19.3. The summed E-state index contributed by atoms with van der Waals surface area (Å²) < 4.78 is 27.5. The number of aromatic nitrogens is 4. The molecule has 0 bridgehead atoms. The quantitative estimate of drug-likeness (QED) is 0.806. The predicted molar refractivity (Wildman–Crippen MR) is 71.3 cm³/mol. The molecule has 110 valence electrons. The van der Waals surface area contributed by atoms with Crippen LogP contribution in [0.5, 0.6) is 0 Å². The summed E-state index contributed by atoms with van der Waals surface area (Å²) in [5.41, 5.74) is 1.86. The molecule has 0 fully saturated rings. The molecule has 0 aliphatic rings. The highest BCUT2D eigenvalue weighted by Crippen LogP contribution is 2.02. The van der Waals surface area contributed by atoms with Crippen molar-refractivity contribution in [2.24, 2.45) is 0 Å². The van der Waals surface area contributed by atoms with Gasteiger partial charge in [-0.2, -0.15) is 10.2 Å². The molecule has 5 nitrogen and oxygen atoms in total. The highest BCUT2D eigenvalue weighted by molar-refractivity contribution is 5.04. The SMILES string of the molecule is CCCn1cc(CNCc2ccn(CC(F)F)n2)cn1. The van der Waals surface area contributed by atoms with Crippen LogP contribution in [0, 0.1) is 0 Å². The predicted octanol–water partition coefficient (Wildman–Crippen LogP) is 2.04. The van der Waals surface area contributed by atoms with Crippen molar-refractivity contribution in [3.8, 4) is 0 Å². The Morgan fingerprint density at radius 1 is 1.30 bits per heavy atom. The number of hydrogen-bond acceptors (Lipinski definition) is 3. The van der Waals surface area contributed by atoms with Crippen molar-refractivity contribution in [1.29, 1.82) is 0 Å². The Balaban J connectivity index is 1.75. The smallest absolute Gasteiger partial charge is 0.257 e. The molecular formula is C13H19F2N5. The maximum absolute atomic E-state index is 12.2. The van der Waals surface area contributed by atoms with Crippen LogP contribution < -0.4 is 5.32 Å². The van der Waals surface area contributed by atoms with E-state index in [9.17, 15) is 8.78 Å². The molecule has 0 spiro atoms. The van der Waals surface area contributed by atoms with Crippen LogP contribution in [-0.2, 0) is 26.2 Å². The Bertz CT molecular complexity index is 520. The standard InChI is InChI=1S/C13H19F2N5/c1-2-4-19-9-11(7-17-19)6-16-8-12-3-5-20(18-12)10-13(14)15/h3,5,7,9,13,16H,2,4,6,8,10H2,1H3. The average molecular weight is 283 g/mol. The maximum Gasteiger partial charge on any atom is 0.257 e. The normalized spacial score (nSPS) is 11.4. The van der Waals surface area contributed by atoms with Gasteiger partial charge in [-0.3, -0.25) is 9.36 Å². The molecule has 0 aromatic carbocycles. The van der Waals surface area contributed by atoms with E-state index in [4.69, 9.17) is 0 Å². The van der Waals surface area contributed by atoms with Crippen LogP contribution >= 0.6 is 0 Å². The van der Waals surface area contributed by atoms with Crippen LogP contribution in [0.4, 0.5) is 8.78 Å². The van der Waals surface area contributed by atoms with Crippen molar-refractivity contribution < 1.29 is 8.78 Å². The van der Waals surface area contributed by atoms with Crippen LogP contribution in [-0.4, -0.2) is 26.0 Å². The van der Waals surface area contributed by atoms with Gasteiger partial charge in [0.05, 0.1) is 11.9 Å². The molecule has 0 unspecified atom stereocenters. The summed E-state index contributed by atoms with van der Waals surface area (Å²) in [6, 6.07) is 1.75. The lowest BCUT2D eigenvalue weighted by Crippen LogP contribution is -2.14. The number of halogens is 2. The third kappa shape index (κ3) is 4.41. The number of nitrogens with zero attached hydrogens (tertiary/aromatic N) is 4. The minimum Gasteiger partial charge on any atom is -0.307 e. The molecule has 0 aliphatic carbocycles. The fourth-order valence-corrected chi connectivity index (χ4v) is 1.93. The minimum atomic E-state index is -2.37. The molecule has 0 saturated heterocycles. The van der Waals surface area contributed by atoms with Crippen molar-refractivity contribution in [3.05, 3.63) is 35.9 Å². The van der Waals surface area contributed by atoms with E-state index in [0.29, 0.717) is 13.1 Å². The van der Waals surface area contributed by atoms with Gasteiger partial charge in [0, 0.05) is 37.6 Å². The highest BCUT2D eigenvalue weighted by Gasteiger charge is 2.05. The van der Waals surface area contributed by atoms with Gasteiger partial charge in [0.1, 0.15) is 6.54 Å². The van der Waals surface area contributed by atoms with Crippen molar-refractivity contribution >= 4 is 0 Å². The Morgan fingerprint density at radius 3 is 2.90 bits per heavy atom. The molecule has 1 N–H and O–H groups in total. The molecule has 0 aliphatic heterocycles. The Morgan fingerprint density at radius 2 is 2.15 bits per heavy atom. The monoisotopic (exact) mass is 283 g/mol. The van der Waals surface area contributed by atoms with Gasteiger partial charge in [-0.15, -0.1) is 0 Å². The summed E-state index contributed by atoms with van der Waals surface area (Å²) >= 11 is 0. The lowest BCUT2D eigenvalue weighted by molar-refractivity contribution is 0.121. The van der Waals surface area contributed by atoms with Crippen LogP contribution in [0.15, 0.2) is 24.7 Å². The third-order valence-electron chi connectivity index (χ3n) is 2.80. The van der Waals surface area contributed by atoms with Crippen LogP contribution in [0.2, 0.25) is 0 Å². The average Bonchev–Trinajstić information content (AvgIpc) is 2.99. The van der Waals surface area contributed by atoms with Crippen LogP contribution in [0.25, 0.3) is 0 Å². The zero-order valence-corrected chi connectivity index (χ0v) is 11.5. The van der Waals surface area contributed by atoms with Gasteiger partial charge < -0.3 is 5.32 Å². The molecule has 0 saturated carbocycles. The van der Waals surface area contributed by atoms with Crippen LogP contribution in [0.1, 0.15) is 24.6 Å². The molecular weight excluding hydrogens is 264 g/mol. The topological polar surface area (TPSA) is 47.7 Å².